The average molecular weight is 261 g/mol. The Morgan fingerprint density at radius 3 is 2.39 bits per heavy atom. The lowest BCUT2D eigenvalue weighted by atomic mass is 10.1. The van der Waals surface area contributed by atoms with Crippen LogP contribution in [0, 0.1) is 0 Å². The van der Waals surface area contributed by atoms with E-state index in [1.54, 1.807) is 6.92 Å². The van der Waals surface area contributed by atoms with E-state index in [9.17, 15) is 14.0 Å². The van der Waals surface area contributed by atoms with Crippen molar-refractivity contribution in [2.75, 3.05) is 13.7 Å². The van der Waals surface area contributed by atoms with Crippen LogP contribution in [0.3, 0.4) is 0 Å². The summed E-state index contributed by atoms with van der Waals surface area (Å²) in [6.45, 7) is 3.69. The van der Waals surface area contributed by atoms with Gasteiger partial charge < -0.3 is 9.47 Å². The van der Waals surface area contributed by atoms with E-state index >= 15 is 0 Å². The number of allylic oxidation sites excluding steroid dienone is 1. The first-order chi connectivity index (χ1) is 8.56. The van der Waals surface area contributed by atoms with Crippen LogP contribution in [-0.4, -0.2) is 25.8 Å². The maximum atomic E-state index is 13.8. The topological polar surface area (TPSA) is 64.6 Å². The Labute approximate surface area is 106 Å². The molecule has 0 fully saturated rings. The summed E-state index contributed by atoms with van der Waals surface area (Å²) in [6, 6.07) is 0. The van der Waals surface area contributed by atoms with Gasteiger partial charge in [-0.25, -0.2) is 14.0 Å². The minimum atomic E-state index is -0.899. The molecule has 0 aliphatic heterocycles. The number of rotatable bonds is 7. The van der Waals surface area contributed by atoms with Crippen molar-refractivity contribution in [3.05, 3.63) is 11.5 Å². The molecule has 18 heavy (non-hydrogen) atoms. The SMILES string of the molecule is CCCCC/C(F)=C(/NC(=O)OC)C(=O)OCC. The van der Waals surface area contributed by atoms with E-state index in [0.29, 0.717) is 6.42 Å². The van der Waals surface area contributed by atoms with Crippen molar-refractivity contribution in [1.29, 1.82) is 0 Å². The standard InChI is InChI=1S/C12H20FNO4/c1-4-6-7-8-9(13)10(11(15)18-5-2)14-12(16)17-3/h4-8H2,1-3H3,(H,14,16)/b10-9-. The molecule has 0 radical (unpaired) electrons. The number of amides is 1. The zero-order chi connectivity index (χ0) is 14.0. The van der Waals surface area contributed by atoms with E-state index in [1.807, 2.05) is 12.2 Å². The molecule has 0 aromatic heterocycles. The Bertz CT molecular complexity index is 315. The highest BCUT2D eigenvalue weighted by atomic mass is 19.1. The van der Waals surface area contributed by atoms with Crippen LogP contribution in [-0.2, 0) is 14.3 Å². The molecule has 0 heterocycles. The number of unbranched alkanes of at least 4 members (excludes halogenated alkanes) is 2. The van der Waals surface area contributed by atoms with Gasteiger partial charge in [0.15, 0.2) is 5.70 Å². The highest BCUT2D eigenvalue weighted by molar-refractivity contribution is 5.92. The van der Waals surface area contributed by atoms with Crippen molar-refractivity contribution in [1.82, 2.24) is 5.32 Å². The van der Waals surface area contributed by atoms with Gasteiger partial charge in [0.05, 0.1) is 13.7 Å². The second-order valence-corrected chi connectivity index (χ2v) is 3.57. The third kappa shape index (κ3) is 6.22. The molecule has 0 bridgehead atoms. The predicted octanol–water partition coefficient (Wildman–Crippen LogP) is 2.67. The number of carbonyl (C=O) groups excluding carboxylic acids is 2. The first-order valence-electron chi connectivity index (χ1n) is 5.97. The van der Waals surface area contributed by atoms with E-state index in [0.717, 1.165) is 20.0 Å². The first kappa shape index (κ1) is 16.4. The third-order valence-electron chi connectivity index (χ3n) is 2.16. The highest BCUT2D eigenvalue weighted by Gasteiger charge is 2.19. The average Bonchev–Trinajstić information content (AvgIpc) is 2.35. The Morgan fingerprint density at radius 1 is 1.22 bits per heavy atom. The molecule has 104 valence electrons. The van der Waals surface area contributed by atoms with Crippen LogP contribution < -0.4 is 5.32 Å². The summed E-state index contributed by atoms with van der Waals surface area (Å²) < 4.78 is 22.8. The summed E-state index contributed by atoms with van der Waals surface area (Å²) in [5, 5.41) is 2.05. The fourth-order valence-electron chi connectivity index (χ4n) is 1.24. The summed E-state index contributed by atoms with van der Waals surface area (Å²) in [6.07, 6.45) is 1.58. The van der Waals surface area contributed by atoms with E-state index in [-0.39, 0.29) is 13.0 Å². The lowest BCUT2D eigenvalue weighted by molar-refractivity contribution is -0.139. The van der Waals surface area contributed by atoms with Gasteiger partial charge >= 0.3 is 12.1 Å². The van der Waals surface area contributed by atoms with Crippen LogP contribution in [0.1, 0.15) is 39.5 Å². The number of esters is 1. The van der Waals surface area contributed by atoms with Crippen molar-refractivity contribution in [3.63, 3.8) is 0 Å². The van der Waals surface area contributed by atoms with Crippen molar-refractivity contribution >= 4 is 12.1 Å². The molecule has 0 atom stereocenters. The van der Waals surface area contributed by atoms with Gasteiger partial charge in [-0.3, -0.25) is 5.32 Å². The lowest BCUT2D eigenvalue weighted by Gasteiger charge is -2.09. The molecule has 0 rings (SSSR count). The Balaban J connectivity index is 4.75. The normalized spacial score (nSPS) is 11.6. The third-order valence-corrected chi connectivity index (χ3v) is 2.16. The summed E-state index contributed by atoms with van der Waals surface area (Å²) in [5.74, 6) is -1.58. The fraction of sp³-hybridized carbons (Fsp3) is 0.667. The highest BCUT2D eigenvalue weighted by Crippen LogP contribution is 2.15. The number of carbonyl (C=O) groups is 2. The Morgan fingerprint density at radius 2 is 1.89 bits per heavy atom. The van der Waals surface area contributed by atoms with Crippen molar-refractivity contribution in [2.45, 2.75) is 39.5 Å². The maximum absolute atomic E-state index is 13.8. The molecular weight excluding hydrogens is 241 g/mol. The molecule has 0 saturated carbocycles. The zero-order valence-corrected chi connectivity index (χ0v) is 11.0. The number of hydrogen-bond acceptors (Lipinski definition) is 4. The molecule has 0 spiro atoms. The van der Waals surface area contributed by atoms with E-state index in [1.165, 1.54) is 0 Å². The van der Waals surface area contributed by atoms with Crippen LogP contribution in [0.15, 0.2) is 11.5 Å². The number of hydrogen-bond donors (Lipinski definition) is 1. The minimum absolute atomic E-state index is 0.0893. The molecule has 0 aromatic carbocycles. The molecule has 0 aliphatic rings. The Kier molecular flexibility index (Phi) is 8.61. The van der Waals surface area contributed by atoms with Crippen LogP contribution >= 0.6 is 0 Å². The molecular formula is C12H20FNO4. The van der Waals surface area contributed by atoms with Crippen LogP contribution in [0.4, 0.5) is 9.18 Å². The summed E-state index contributed by atoms with van der Waals surface area (Å²) in [7, 11) is 1.13. The maximum Gasteiger partial charge on any atom is 0.411 e. The lowest BCUT2D eigenvalue weighted by Crippen LogP contribution is -2.29. The van der Waals surface area contributed by atoms with Crippen molar-refractivity contribution < 1.29 is 23.5 Å². The molecule has 0 aliphatic carbocycles. The molecule has 5 nitrogen and oxygen atoms in total. The van der Waals surface area contributed by atoms with Crippen molar-refractivity contribution in [2.24, 2.45) is 0 Å². The van der Waals surface area contributed by atoms with Gasteiger partial charge in [-0.15, -0.1) is 0 Å². The van der Waals surface area contributed by atoms with Crippen LogP contribution in [0.5, 0.6) is 0 Å². The number of nitrogens with one attached hydrogen (secondary N) is 1. The molecule has 6 heteroatoms. The summed E-state index contributed by atoms with van der Waals surface area (Å²) >= 11 is 0. The largest absolute Gasteiger partial charge is 0.461 e. The van der Waals surface area contributed by atoms with E-state index in [2.05, 4.69) is 9.47 Å². The molecule has 0 saturated heterocycles. The number of methoxy groups -OCH3 is 1. The van der Waals surface area contributed by atoms with Gasteiger partial charge in [0.1, 0.15) is 5.83 Å². The van der Waals surface area contributed by atoms with Gasteiger partial charge in [-0.1, -0.05) is 19.8 Å². The van der Waals surface area contributed by atoms with Crippen molar-refractivity contribution in [3.8, 4) is 0 Å². The number of alkyl carbamates (subject to hydrolysis) is 1. The second-order valence-electron chi connectivity index (χ2n) is 3.57. The van der Waals surface area contributed by atoms with Gasteiger partial charge in [0.25, 0.3) is 0 Å². The quantitative estimate of drug-likeness (QED) is 0.434. The molecule has 1 amide bonds. The monoisotopic (exact) mass is 261 g/mol. The minimum Gasteiger partial charge on any atom is -0.461 e. The second kappa shape index (κ2) is 9.44. The predicted molar refractivity (Wildman–Crippen MR) is 64.4 cm³/mol. The van der Waals surface area contributed by atoms with Gasteiger partial charge in [-0.05, 0) is 13.3 Å². The van der Waals surface area contributed by atoms with Crippen LogP contribution in [0.25, 0.3) is 0 Å². The molecule has 0 unspecified atom stereocenters. The van der Waals surface area contributed by atoms with Crippen LogP contribution in [0.2, 0.25) is 0 Å². The molecule has 1 N–H and O–H groups in total. The van der Waals surface area contributed by atoms with E-state index in [4.69, 9.17) is 0 Å². The summed E-state index contributed by atoms with van der Waals surface area (Å²) in [5.41, 5.74) is -0.472. The zero-order valence-electron chi connectivity index (χ0n) is 11.0. The molecule has 0 aromatic rings. The van der Waals surface area contributed by atoms with E-state index < -0.39 is 23.6 Å². The first-order valence-corrected chi connectivity index (χ1v) is 5.97. The summed E-state index contributed by atoms with van der Waals surface area (Å²) in [4.78, 5) is 22.5. The van der Waals surface area contributed by atoms with Gasteiger partial charge in [0, 0.05) is 6.42 Å². The number of halogens is 1. The van der Waals surface area contributed by atoms with Gasteiger partial charge in [-0.2, -0.15) is 0 Å². The Hall–Kier alpha value is -1.59. The smallest absolute Gasteiger partial charge is 0.411 e. The number of ether oxygens (including phenoxy) is 2. The van der Waals surface area contributed by atoms with Gasteiger partial charge in [0.2, 0.25) is 0 Å². The fourth-order valence-corrected chi connectivity index (χ4v) is 1.24.